The maximum atomic E-state index is 12.0. The fourth-order valence-corrected chi connectivity index (χ4v) is 1.57. The lowest BCUT2D eigenvalue weighted by Crippen LogP contribution is -2.15. The monoisotopic (exact) mass is 265 g/mol. The van der Waals surface area contributed by atoms with Crippen molar-refractivity contribution in [2.24, 2.45) is 0 Å². The number of halogens is 4. The van der Waals surface area contributed by atoms with Gasteiger partial charge in [0.1, 0.15) is 16.8 Å². The molecule has 0 radical (unpaired) electrons. The molecular formula is C10H11ClF3N3. The van der Waals surface area contributed by atoms with Crippen LogP contribution in [0.2, 0.25) is 5.15 Å². The number of nitrogens with one attached hydrogen (secondary N) is 1. The Morgan fingerprint density at radius 2 is 2.06 bits per heavy atom. The maximum absolute atomic E-state index is 12.0. The Kier molecular flexibility index (Phi) is 3.42. The van der Waals surface area contributed by atoms with Crippen LogP contribution in [0.4, 0.5) is 19.0 Å². The second-order valence-corrected chi connectivity index (χ2v) is 4.39. The van der Waals surface area contributed by atoms with E-state index in [2.05, 4.69) is 15.3 Å². The Bertz CT molecular complexity index is 404. The zero-order valence-corrected chi connectivity index (χ0v) is 9.65. The molecule has 1 aliphatic carbocycles. The highest BCUT2D eigenvalue weighted by atomic mass is 35.5. The number of hydrogen-bond donors (Lipinski definition) is 1. The fraction of sp³-hybridized carbons (Fsp3) is 0.600. The van der Waals surface area contributed by atoms with Gasteiger partial charge in [0.25, 0.3) is 0 Å². The van der Waals surface area contributed by atoms with Gasteiger partial charge in [0, 0.05) is 18.5 Å². The van der Waals surface area contributed by atoms with Gasteiger partial charge in [-0.1, -0.05) is 11.6 Å². The van der Waals surface area contributed by atoms with Crippen LogP contribution in [0.1, 0.15) is 31.0 Å². The van der Waals surface area contributed by atoms with Gasteiger partial charge in [-0.15, -0.1) is 0 Å². The minimum absolute atomic E-state index is 0.207. The van der Waals surface area contributed by atoms with E-state index in [4.69, 9.17) is 11.6 Å². The fourth-order valence-electron chi connectivity index (χ4n) is 1.38. The van der Waals surface area contributed by atoms with Gasteiger partial charge in [-0.3, -0.25) is 0 Å². The highest BCUT2D eigenvalue weighted by Gasteiger charge is 2.28. The van der Waals surface area contributed by atoms with E-state index in [1.165, 1.54) is 6.07 Å². The summed E-state index contributed by atoms with van der Waals surface area (Å²) in [4.78, 5) is 8.19. The average molecular weight is 266 g/mol. The highest BCUT2D eigenvalue weighted by Crippen LogP contribution is 2.38. The summed E-state index contributed by atoms with van der Waals surface area (Å²) in [5, 5.41) is 2.87. The summed E-state index contributed by atoms with van der Waals surface area (Å²) in [5.41, 5.74) is 0. The van der Waals surface area contributed by atoms with E-state index >= 15 is 0 Å². The maximum Gasteiger partial charge on any atom is 0.390 e. The molecule has 1 N–H and O–H groups in total. The predicted octanol–water partition coefficient (Wildman–Crippen LogP) is 3.37. The third-order valence-corrected chi connectivity index (χ3v) is 2.56. The summed E-state index contributed by atoms with van der Waals surface area (Å²) in [6.07, 6.45) is -3.03. The minimum atomic E-state index is -4.16. The van der Waals surface area contributed by atoms with Crippen LogP contribution in [0.25, 0.3) is 0 Å². The van der Waals surface area contributed by atoms with Crippen LogP contribution in [0.5, 0.6) is 0 Å². The number of aromatic nitrogens is 2. The zero-order chi connectivity index (χ0) is 12.5. The molecule has 0 amide bonds. The Morgan fingerprint density at radius 1 is 1.35 bits per heavy atom. The highest BCUT2D eigenvalue weighted by molar-refractivity contribution is 6.29. The quantitative estimate of drug-likeness (QED) is 0.848. The molecule has 1 aromatic heterocycles. The van der Waals surface area contributed by atoms with Crippen molar-refractivity contribution in [2.45, 2.75) is 31.4 Å². The molecule has 17 heavy (non-hydrogen) atoms. The summed E-state index contributed by atoms with van der Waals surface area (Å²) in [6.45, 7) is -0.207. The molecule has 94 valence electrons. The van der Waals surface area contributed by atoms with Crippen molar-refractivity contribution in [3.63, 3.8) is 0 Å². The number of alkyl halides is 3. The molecule has 1 aliphatic rings. The van der Waals surface area contributed by atoms with Crippen molar-refractivity contribution in [3.05, 3.63) is 17.0 Å². The predicted molar refractivity (Wildman–Crippen MR) is 58.2 cm³/mol. The number of nitrogens with zero attached hydrogens (tertiary/aromatic N) is 2. The van der Waals surface area contributed by atoms with Crippen molar-refractivity contribution in [3.8, 4) is 0 Å². The normalized spacial score (nSPS) is 16.0. The third kappa shape index (κ3) is 4.03. The van der Waals surface area contributed by atoms with Gasteiger partial charge in [-0.2, -0.15) is 13.2 Å². The Balaban J connectivity index is 1.95. The molecule has 1 heterocycles. The van der Waals surface area contributed by atoms with E-state index in [0.29, 0.717) is 17.6 Å². The lowest BCUT2D eigenvalue weighted by molar-refractivity contribution is -0.131. The van der Waals surface area contributed by atoms with E-state index in [-0.39, 0.29) is 11.7 Å². The molecule has 3 nitrogen and oxygen atoms in total. The van der Waals surface area contributed by atoms with Crippen LogP contribution >= 0.6 is 11.6 Å². The molecule has 0 aliphatic heterocycles. The summed E-state index contributed by atoms with van der Waals surface area (Å²) in [6, 6.07) is 1.43. The first-order valence-electron chi connectivity index (χ1n) is 5.29. The first-order valence-corrected chi connectivity index (χ1v) is 5.67. The van der Waals surface area contributed by atoms with E-state index in [9.17, 15) is 13.2 Å². The minimum Gasteiger partial charge on any atom is -0.370 e. The van der Waals surface area contributed by atoms with Crippen molar-refractivity contribution in [2.75, 3.05) is 11.9 Å². The molecule has 7 heteroatoms. The molecule has 0 unspecified atom stereocenters. The summed E-state index contributed by atoms with van der Waals surface area (Å²) in [5.74, 6) is 1.29. The summed E-state index contributed by atoms with van der Waals surface area (Å²) >= 11 is 5.78. The molecule has 0 aromatic carbocycles. The lowest BCUT2D eigenvalue weighted by Gasteiger charge is -2.09. The van der Waals surface area contributed by atoms with Gasteiger partial charge in [0.15, 0.2) is 0 Å². The first kappa shape index (κ1) is 12.4. The van der Waals surface area contributed by atoms with Crippen LogP contribution < -0.4 is 5.32 Å². The Labute approximate surface area is 101 Å². The van der Waals surface area contributed by atoms with Crippen LogP contribution in [-0.4, -0.2) is 22.7 Å². The van der Waals surface area contributed by atoms with Crippen LogP contribution in [0, 0.1) is 0 Å². The van der Waals surface area contributed by atoms with Gasteiger partial charge >= 0.3 is 6.18 Å². The Morgan fingerprint density at radius 3 is 2.65 bits per heavy atom. The van der Waals surface area contributed by atoms with Gasteiger partial charge in [0.2, 0.25) is 0 Å². The molecule has 1 saturated carbocycles. The number of anilines is 1. The summed E-state index contributed by atoms with van der Waals surface area (Å²) in [7, 11) is 0. The van der Waals surface area contributed by atoms with Crippen LogP contribution in [0.3, 0.4) is 0 Å². The van der Waals surface area contributed by atoms with Crippen molar-refractivity contribution in [1.82, 2.24) is 9.97 Å². The molecule has 1 fully saturated rings. The molecule has 2 rings (SSSR count). The van der Waals surface area contributed by atoms with Gasteiger partial charge in [0.05, 0.1) is 6.42 Å². The Hall–Kier alpha value is -1.04. The molecule has 0 atom stereocenters. The smallest absolute Gasteiger partial charge is 0.370 e. The molecule has 0 spiro atoms. The SMILES string of the molecule is FC(F)(F)CCNc1cc(Cl)nc(C2CC2)n1. The zero-order valence-electron chi connectivity index (χ0n) is 8.89. The van der Waals surface area contributed by atoms with E-state index in [0.717, 1.165) is 12.8 Å². The van der Waals surface area contributed by atoms with Crippen molar-refractivity contribution >= 4 is 17.4 Å². The topological polar surface area (TPSA) is 37.8 Å². The second kappa shape index (κ2) is 4.68. The molecule has 0 bridgehead atoms. The standard InChI is InChI=1S/C10H11ClF3N3/c11-7-5-8(15-4-3-10(12,13)14)17-9(16-7)6-1-2-6/h5-6H,1-4H2,(H,15,16,17). The average Bonchev–Trinajstić information content (AvgIpc) is 2.97. The van der Waals surface area contributed by atoms with Crippen LogP contribution in [0.15, 0.2) is 6.07 Å². The summed E-state index contributed by atoms with van der Waals surface area (Å²) < 4.78 is 35.9. The lowest BCUT2D eigenvalue weighted by atomic mass is 10.4. The largest absolute Gasteiger partial charge is 0.390 e. The van der Waals surface area contributed by atoms with Gasteiger partial charge in [-0.05, 0) is 12.8 Å². The van der Waals surface area contributed by atoms with Gasteiger partial charge in [-0.25, -0.2) is 9.97 Å². The van der Waals surface area contributed by atoms with E-state index < -0.39 is 12.6 Å². The van der Waals surface area contributed by atoms with Crippen LogP contribution in [-0.2, 0) is 0 Å². The van der Waals surface area contributed by atoms with E-state index in [1.807, 2.05) is 0 Å². The molecule has 0 saturated heterocycles. The second-order valence-electron chi connectivity index (χ2n) is 4.00. The van der Waals surface area contributed by atoms with E-state index in [1.54, 1.807) is 0 Å². The molecule has 1 aromatic rings. The van der Waals surface area contributed by atoms with Gasteiger partial charge < -0.3 is 5.32 Å². The first-order chi connectivity index (χ1) is 7.94. The third-order valence-electron chi connectivity index (χ3n) is 2.37. The van der Waals surface area contributed by atoms with Crippen molar-refractivity contribution in [1.29, 1.82) is 0 Å². The number of hydrogen-bond acceptors (Lipinski definition) is 3. The molecular weight excluding hydrogens is 255 g/mol. The number of rotatable bonds is 4. The van der Waals surface area contributed by atoms with Crippen molar-refractivity contribution < 1.29 is 13.2 Å².